The molecule has 2 unspecified atom stereocenters. The molecule has 2 aromatic carbocycles. The average molecular weight is 421 g/mol. The summed E-state index contributed by atoms with van der Waals surface area (Å²) in [6.07, 6.45) is 2.95. The van der Waals surface area contributed by atoms with E-state index in [1.165, 1.54) is 11.6 Å². The summed E-state index contributed by atoms with van der Waals surface area (Å²) in [6, 6.07) is 17.3. The fraction of sp³-hybridized carbons (Fsp3) is 0.375. The topological polar surface area (TPSA) is 121 Å². The fourth-order valence-corrected chi connectivity index (χ4v) is 3.78. The van der Waals surface area contributed by atoms with E-state index in [1.54, 1.807) is 13.0 Å². The second-order valence-corrected chi connectivity index (χ2v) is 8.10. The molecule has 0 bridgehead atoms. The van der Waals surface area contributed by atoms with Crippen molar-refractivity contribution in [3.63, 3.8) is 0 Å². The van der Waals surface area contributed by atoms with Crippen LogP contribution in [0.25, 0.3) is 0 Å². The maximum absolute atomic E-state index is 11.5. The van der Waals surface area contributed by atoms with Crippen molar-refractivity contribution in [2.24, 2.45) is 10.8 Å². The van der Waals surface area contributed by atoms with Crippen LogP contribution in [0.3, 0.4) is 0 Å². The number of aromatic carboxylic acids is 1. The van der Waals surface area contributed by atoms with E-state index in [4.69, 9.17) is 10.5 Å². The van der Waals surface area contributed by atoms with Crippen molar-refractivity contribution in [2.75, 3.05) is 0 Å². The molecule has 0 amide bonds. The quantitative estimate of drug-likeness (QED) is 0.694. The summed E-state index contributed by atoms with van der Waals surface area (Å²) in [5.74, 6) is -0.743. The number of hydrazone groups is 1. The van der Waals surface area contributed by atoms with Gasteiger partial charge in [-0.1, -0.05) is 48.7 Å². The maximum Gasteiger partial charge on any atom is 0.335 e. The van der Waals surface area contributed by atoms with Gasteiger partial charge in [0.2, 0.25) is 12.1 Å². The van der Waals surface area contributed by atoms with Crippen molar-refractivity contribution >= 4 is 11.9 Å². The molecule has 0 radical (unpaired) electrons. The molecule has 2 aromatic rings. The lowest BCUT2D eigenvalue weighted by molar-refractivity contribution is 0.0696. The molecule has 1 saturated carbocycles. The van der Waals surface area contributed by atoms with Gasteiger partial charge in [-0.25, -0.2) is 4.79 Å². The summed E-state index contributed by atoms with van der Waals surface area (Å²) in [5.41, 5.74) is 10.7. The van der Waals surface area contributed by atoms with Crippen molar-refractivity contribution in [3.8, 4) is 6.07 Å². The van der Waals surface area contributed by atoms with E-state index in [-0.39, 0.29) is 11.6 Å². The van der Waals surface area contributed by atoms with Crippen LogP contribution in [-0.2, 0) is 10.2 Å². The highest BCUT2D eigenvalue weighted by Crippen LogP contribution is 2.41. The molecule has 4 N–H and O–H groups in total. The first kappa shape index (κ1) is 22.3. The van der Waals surface area contributed by atoms with Gasteiger partial charge in [-0.2, -0.15) is 5.26 Å². The maximum atomic E-state index is 11.5. The van der Waals surface area contributed by atoms with Crippen molar-refractivity contribution in [2.45, 2.75) is 57.2 Å². The highest BCUT2D eigenvalue weighted by Gasteiger charge is 2.37. The van der Waals surface area contributed by atoms with Crippen LogP contribution in [0.1, 0.15) is 59.7 Å². The van der Waals surface area contributed by atoms with Crippen LogP contribution in [0.4, 0.5) is 0 Å². The van der Waals surface area contributed by atoms with E-state index < -0.39 is 17.6 Å². The predicted molar refractivity (Wildman–Crippen MR) is 119 cm³/mol. The predicted octanol–water partition coefficient (Wildman–Crippen LogP) is 3.67. The van der Waals surface area contributed by atoms with Gasteiger partial charge in [0.1, 0.15) is 0 Å². The van der Waals surface area contributed by atoms with Crippen LogP contribution in [0, 0.1) is 18.3 Å². The Balaban J connectivity index is 0.000000330. The second-order valence-electron chi connectivity index (χ2n) is 8.10. The van der Waals surface area contributed by atoms with Gasteiger partial charge in [0.05, 0.1) is 23.1 Å². The first-order valence-corrected chi connectivity index (χ1v) is 10.4. The highest BCUT2D eigenvalue weighted by atomic mass is 16.5. The molecule has 1 fully saturated rings. The first-order chi connectivity index (χ1) is 14.8. The Hall–Kier alpha value is -3.37. The highest BCUT2D eigenvalue weighted by molar-refractivity contribution is 5.98. The minimum Gasteiger partial charge on any atom is -0.478 e. The second kappa shape index (κ2) is 9.63. The Morgan fingerprint density at radius 1 is 1.29 bits per heavy atom. The molecule has 2 atom stereocenters. The molecule has 2 aliphatic rings. The number of hydrogen-bond acceptors (Lipinski definition) is 6. The van der Waals surface area contributed by atoms with Crippen LogP contribution in [0.5, 0.6) is 0 Å². The SMILES string of the molecule is CC(N)C1NN=C(c2cc(C(=O)O)cc(C3(C#N)CCCC3)c2)O1.Cc1ccccc1. The minimum absolute atomic E-state index is 0.125. The van der Waals surface area contributed by atoms with Crippen molar-refractivity contribution in [3.05, 3.63) is 70.8 Å². The molecule has 31 heavy (non-hydrogen) atoms. The van der Waals surface area contributed by atoms with Crippen molar-refractivity contribution < 1.29 is 14.6 Å². The van der Waals surface area contributed by atoms with E-state index in [0.29, 0.717) is 17.0 Å². The third-order valence-electron chi connectivity index (χ3n) is 5.60. The minimum atomic E-state index is -1.04. The number of benzene rings is 2. The van der Waals surface area contributed by atoms with E-state index in [1.807, 2.05) is 24.3 Å². The molecule has 4 rings (SSSR count). The average Bonchev–Trinajstić information content (AvgIpc) is 3.45. The number of carbonyl (C=O) groups is 1. The van der Waals surface area contributed by atoms with E-state index >= 15 is 0 Å². The lowest BCUT2D eigenvalue weighted by Gasteiger charge is -2.22. The molecule has 0 saturated heterocycles. The zero-order valence-corrected chi connectivity index (χ0v) is 17.8. The molecule has 7 nitrogen and oxygen atoms in total. The molecule has 0 spiro atoms. The third-order valence-corrected chi connectivity index (χ3v) is 5.60. The monoisotopic (exact) mass is 420 g/mol. The van der Waals surface area contributed by atoms with Gasteiger partial charge in [0.25, 0.3) is 0 Å². The number of nitriles is 1. The van der Waals surface area contributed by atoms with Gasteiger partial charge in [-0.3, -0.25) is 5.43 Å². The summed E-state index contributed by atoms with van der Waals surface area (Å²) < 4.78 is 5.67. The largest absolute Gasteiger partial charge is 0.478 e. The van der Waals surface area contributed by atoms with Gasteiger partial charge in [0, 0.05) is 5.56 Å². The summed E-state index contributed by atoms with van der Waals surface area (Å²) in [5, 5.41) is 23.2. The Bertz CT molecular complexity index is 990. The molecular formula is C24H28N4O3. The first-order valence-electron chi connectivity index (χ1n) is 10.4. The van der Waals surface area contributed by atoms with Gasteiger partial charge in [-0.15, -0.1) is 5.10 Å². The van der Waals surface area contributed by atoms with E-state index in [9.17, 15) is 15.2 Å². The lowest BCUT2D eigenvalue weighted by atomic mass is 9.79. The molecule has 1 aliphatic carbocycles. The number of rotatable bonds is 4. The summed E-state index contributed by atoms with van der Waals surface area (Å²) in [4.78, 5) is 11.5. The number of aryl methyl sites for hydroxylation is 1. The van der Waals surface area contributed by atoms with Gasteiger partial charge >= 0.3 is 5.97 Å². The van der Waals surface area contributed by atoms with Crippen LogP contribution >= 0.6 is 0 Å². The Morgan fingerprint density at radius 3 is 2.45 bits per heavy atom. The molecule has 1 heterocycles. The zero-order chi connectivity index (χ0) is 22.4. The number of nitrogens with one attached hydrogen (secondary N) is 1. The molecular weight excluding hydrogens is 392 g/mol. The van der Waals surface area contributed by atoms with Crippen LogP contribution in [0.2, 0.25) is 0 Å². The van der Waals surface area contributed by atoms with Gasteiger partial charge in [-0.05, 0) is 50.5 Å². The Kier molecular flexibility index (Phi) is 6.93. The summed E-state index contributed by atoms with van der Waals surface area (Å²) in [6.45, 7) is 3.87. The van der Waals surface area contributed by atoms with Gasteiger partial charge < -0.3 is 15.6 Å². The van der Waals surface area contributed by atoms with Crippen molar-refractivity contribution in [1.29, 1.82) is 5.26 Å². The van der Waals surface area contributed by atoms with Crippen molar-refractivity contribution in [1.82, 2.24) is 5.43 Å². The van der Waals surface area contributed by atoms with Crippen LogP contribution in [0.15, 0.2) is 53.6 Å². The number of carboxylic acids is 1. The standard InChI is InChI=1S/C17H20N4O3.C7H8/c1-10(19)14-20-21-15(24-14)11-6-12(16(22)23)8-13(7-11)17(9-18)4-2-3-5-17;1-7-5-3-2-4-6-7/h6-8,10,14,20H,2-5,19H2,1H3,(H,22,23);2-6H,1H3. The molecule has 0 aromatic heterocycles. The molecule has 1 aliphatic heterocycles. The van der Waals surface area contributed by atoms with Crippen LogP contribution < -0.4 is 11.2 Å². The normalized spacial score (nSPS) is 19.7. The van der Waals surface area contributed by atoms with Gasteiger partial charge in [0.15, 0.2) is 0 Å². The summed E-state index contributed by atoms with van der Waals surface area (Å²) in [7, 11) is 0. The smallest absolute Gasteiger partial charge is 0.335 e. The number of hydrogen-bond donors (Lipinski definition) is 3. The summed E-state index contributed by atoms with van der Waals surface area (Å²) >= 11 is 0. The third kappa shape index (κ3) is 5.22. The number of nitrogens with zero attached hydrogens (tertiary/aromatic N) is 2. The molecule has 7 heteroatoms. The Morgan fingerprint density at radius 2 is 1.97 bits per heavy atom. The number of carboxylic acid groups (broad SMARTS) is 1. The number of nitrogens with two attached hydrogens (primary N) is 1. The zero-order valence-electron chi connectivity index (χ0n) is 17.8. The Labute approximate surface area is 182 Å². The molecule has 162 valence electrons. The lowest BCUT2D eigenvalue weighted by Crippen LogP contribution is -2.39. The van der Waals surface area contributed by atoms with E-state index in [0.717, 1.165) is 25.7 Å². The van der Waals surface area contributed by atoms with Crippen LogP contribution in [-0.4, -0.2) is 29.2 Å². The van der Waals surface area contributed by atoms with E-state index in [2.05, 4.69) is 35.7 Å². The number of ether oxygens (including phenoxy) is 1. The fourth-order valence-electron chi connectivity index (χ4n) is 3.78.